The minimum absolute atomic E-state index is 0.500. The minimum atomic E-state index is 0.500. The van der Waals surface area contributed by atoms with Crippen molar-refractivity contribution in [2.45, 2.75) is 0 Å². The van der Waals surface area contributed by atoms with Crippen molar-refractivity contribution >= 4 is 46.4 Å². The van der Waals surface area contributed by atoms with Crippen LogP contribution in [0.1, 0.15) is 45.6 Å². The average Bonchev–Trinajstić information content (AvgIpc) is 4.09. The summed E-state index contributed by atoms with van der Waals surface area (Å²) in [6.07, 6.45) is 38.1. The minimum Gasteiger partial charge on any atom is -0.354 e. The SMILES string of the molecule is C#Cc1cc(-c2c3nc(c(-c4ccnc(C#C)c4)c4ccc([nH]4)c(-c4ccnc(C#C)c4)c4nc(c(-c5ccnc(C#C)c5)c5ccc2[nH]5)C=C4)C=C3)ccn1. The molecule has 7 aromatic rings. The van der Waals surface area contributed by atoms with Gasteiger partial charge in [-0.15, -0.1) is 25.7 Å². The van der Waals surface area contributed by atoms with Crippen LogP contribution in [0.3, 0.4) is 0 Å². The fourth-order valence-corrected chi connectivity index (χ4v) is 7.08. The molecule has 2 N–H and O–H groups in total. The molecule has 2 aliphatic heterocycles. The monoisotopic (exact) mass is 714 g/mol. The Hall–Kier alpha value is -8.56. The molecule has 56 heavy (non-hydrogen) atoms. The van der Waals surface area contributed by atoms with Crippen molar-refractivity contribution in [1.82, 2.24) is 39.9 Å². The number of terminal acetylenes is 4. The summed E-state index contributed by atoms with van der Waals surface area (Å²) in [5, 5.41) is 0. The second-order valence-electron chi connectivity index (χ2n) is 12.8. The first-order chi connectivity index (χ1) is 27.5. The van der Waals surface area contributed by atoms with Gasteiger partial charge >= 0.3 is 0 Å². The second-order valence-corrected chi connectivity index (χ2v) is 12.8. The molecule has 0 amide bonds. The quantitative estimate of drug-likeness (QED) is 0.177. The highest BCUT2D eigenvalue weighted by atomic mass is 14.8. The normalized spacial score (nSPS) is 11.4. The maximum Gasteiger partial charge on any atom is 0.113 e. The van der Waals surface area contributed by atoms with Gasteiger partial charge in [0, 0.05) is 69.1 Å². The van der Waals surface area contributed by atoms with Crippen molar-refractivity contribution in [3.63, 3.8) is 0 Å². The van der Waals surface area contributed by atoms with Crippen LogP contribution in [0.2, 0.25) is 0 Å². The predicted octanol–water partition coefficient (Wildman–Crippen LogP) is 8.83. The molecule has 0 aliphatic carbocycles. The third kappa shape index (κ3) is 5.89. The highest BCUT2D eigenvalue weighted by molar-refractivity contribution is 6.00. The van der Waals surface area contributed by atoms with Crippen LogP contribution in [0.4, 0.5) is 0 Å². The molecular formula is C48H26N8. The number of nitrogens with one attached hydrogen (secondary N) is 2. The molecule has 0 saturated carbocycles. The second kappa shape index (κ2) is 13.8. The number of aromatic amines is 2. The summed E-state index contributed by atoms with van der Waals surface area (Å²) in [5.74, 6) is 10.7. The van der Waals surface area contributed by atoms with Gasteiger partial charge in [0.05, 0.1) is 22.8 Å². The van der Waals surface area contributed by atoms with E-state index in [1.807, 2.05) is 97.1 Å². The zero-order chi connectivity index (χ0) is 38.2. The van der Waals surface area contributed by atoms with E-state index in [1.165, 1.54) is 0 Å². The van der Waals surface area contributed by atoms with E-state index in [0.717, 1.165) is 66.6 Å². The van der Waals surface area contributed by atoms with Crippen LogP contribution in [-0.4, -0.2) is 39.9 Å². The molecule has 0 aromatic carbocycles. The molecule has 0 radical (unpaired) electrons. The van der Waals surface area contributed by atoms with Crippen molar-refractivity contribution in [2.75, 3.05) is 0 Å². The molecule has 0 unspecified atom stereocenters. The van der Waals surface area contributed by atoms with Crippen LogP contribution < -0.4 is 0 Å². The van der Waals surface area contributed by atoms with E-state index >= 15 is 0 Å². The first kappa shape index (κ1) is 33.3. The predicted molar refractivity (Wildman–Crippen MR) is 224 cm³/mol. The molecule has 0 atom stereocenters. The Bertz CT molecular complexity index is 2780. The smallest absolute Gasteiger partial charge is 0.113 e. The van der Waals surface area contributed by atoms with Crippen LogP contribution in [0, 0.1) is 49.4 Å². The maximum absolute atomic E-state index is 5.83. The van der Waals surface area contributed by atoms with Gasteiger partial charge in [-0.25, -0.2) is 29.9 Å². The molecule has 9 heterocycles. The molecule has 258 valence electrons. The van der Waals surface area contributed by atoms with E-state index in [0.29, 0.717) is 45.6 Å². The van der Waals surface area contributed by atoms with Gasteiger partial charge < -0.3 is 9.97 Å². The summed E-state index contributed by atoms with van der Waals surface area (Å²) in [4.78, 5) is 35.5. The van der Waals surface area contributed by atoms with Crippen LogP contribution in [0.5, 0.6) is 0 Å². The van der Waals surface area contributed by atoms with Crippen molar-refractivity contribution in [3.05, 3.63) is 143 Å². The first-order valence-corrected chi connectivity index (χ1v) is 17.4. The van der Waals surface area contributed by atoms with Gasteiger partial charge in [0.1, 0.15) is 22.8 Å². The Balaban J connectivity index is 1.49. The van der Waals surface area contributed by atoms with E-state index in [2.05, 4.69) is 53.6 Å². The van der Waals surface area contributed by atoms with Crippen LogP contribution in [0.15, 0.2) is 97.6 Å². The molecule has 7 aromatic heterocycles. The van der Waals surface area contributed by atoms with Gasteiger partial charge in [0.15, 0.2) is 0 Å². The molecule has 0 spiro atoms. The summed E-state index contributed by atoms with van der Waals surface area (Å²) in [6, 6.07) is 23.3. The highest BCUT2D eigenvalue weighted by Crippen LogP contribution is 2.38. The lowest BCUT2D eigenvalue weighted by Gasteiger charge is -2.07. The van der Waals surface area contributed by atoms with Gasteiger partial charge in [-0.1, -0.05) is 23.7 Å². The summed E-state index contributed by atoms with van der Waals surface area (Å²) < 4.78 is 0. The standard InChI is InChI=1S/C48H26N8/c1-5-33-25-29(17-21-49-33)45-37-9-11-39(53-37)46(30-18-22-50-34(6-2)26-30)41-13-15-43(55-41)48(32-20-24-52-36(8-4)28-32)44-16-14-42(56-44)47(40-12-10-38(45)54-40)31-19-23-51-35(7-3)27-31/h1-4,9-28,53,56H. The van der Waals surface area contributed by atoms with Crippen LogP contribution in [-0.2, 0) is 0 Å². The lowest BCUT2D eigenvalue weighted by molar-refractivity contribution is 1.27. The van der Waals surface area contributed by atoms with Gasteiger partial charge in [-0.2, -0.15) is 0 Å². The Morgan fingerprint density at radius 1 is 0.357 bits per heavy atom. The molecule has 2 aliphatic rings. The fraction of sp³-hybridized carbons (Fsp3) is 0. The molecule has 8 nitrogen and oxygen atoms in total. The third-order valence-corrected chi connectivity index (χ3v) is 9.54. The zero-order valence-electron chi connectivity index (χ0n) is 29.5. The van der Waals surface area contributed by atoms with Gasteiger partial charge in [-0.3, -0.25) is 0 Å². The van der Waals surface area contributed by atoms with Gasteiger partial charge in [-0.05, 0) is 119 Å². The summed E-state index contributed by atoms with van der Waals surface area (Å²) in [5.41, 5.74) is 14.7. The number of H-pyrrole nitrogens is 2. The number of nitrogens with zero attached hydrogens (tertiary/aromatic N) is 6. The van der Waals surface area contributed by atoms with Crippen molar-refractivity contribution in [2.24, 2.45) is 0 Å². The van der Waals surface area contributed by atoms with Crippen molar-refractivity contribution < 1.29 is 0 Å². The number of rotatable bonds is 4. The first-order valence-electron chi connectivity index (χ1n) is 17.4. The number of pyridine rings is 4. The van der Waals surface area contributed by atoms with Crippen molar-refractivity contribution in [1.29, 1.82) is 0 Å². The lowest BCUT2D eigenvalue weighted by Crippen LogP contribution is -1.92. The molecule has 0 saturated heterocycles. The molecule has 9 rings (SSSR count). The van der Waals surface area contributed by atoms with Crippen LogP contribution >= 0.6 is 0 Å². The van der Waals surface area contributed by atoms with E-state index < -0.39 is 0 Å². The highest BCUT2D eigenvalue weighted by Gasteiger charge is 2.20. The van der Waals surface area contributed by atoms with Crippen LogP contribution in [0.25, 0.3) is 90.9 Å². The summed E-state index contributed by atoms with van der Waals surface area (Å²) in [6.45, 7) is 0. The molecule has 0 fully saturated rings. The number of hydrogen-bond donors (Lipinski definition) is 2. The molecule has 8 bridgehead atoms. The largest absolute Gasteiger partial charge is 0.354 e. The van der Waals surface area contributed by atoms with E-state index in [-0.39, 0.29) is 0 Å². The van der Waals surface area contributed by atoms with Crippen molar-refractivity contribution in [3.8, 4) is 93.9 Å². The lowest BCUT2D eigenvalue weighted by atomic mass is 10.0. The third-order valence-electron chi connectivity index (χ3n) is 9.54. The summed E-state index contributed by atoms with van der Waals surface area (Å²) in [7, 11) is 0. The summed E-state index contributed by atoms with van der Waals surface area (Å²) >= 11 is 0. The average molecular weight is 715 g/mol. The maximum atomic E-state index is 5.83. The van der Waals surface area contributed by atoms with Gasteiger partial charge in [0.25, 0.3) is 0 Å². The van der Waals surface area contributed by atoms with E-state index in [4.69, 9.17) is 35.7 Å². The number of aromatic nitrogens is 8. The molecular weight excluding hydrogens is 689 g/mol. The Morgan fingerprint density at radius 2 is 0.607 bits per heavy atom. The fourth-order valence-electron chi connectivity index (χ4n) is 7.08. The Morgan fingerprint density at radius 3 is 0.839 bits per heavy atom. The molecule has 8 heteroatoms. The Labute approximate surface area is 322 Å². The zero-order valence-corrected chi connectivity index (χ0v) is 29.5. The van der Waals surface area contributed by atoms with Gasteiger partial charge in [0.2, 0.25) is 0 Å². The topological polar surface area (TPSA) is 109 Å². The number of hydrogen-bond acceptors (Lipinski definition) is 6. The van der Waals surface area contributed by atoms with E-state index in [9.17, 15) is 0 Å². The number of fused-ring (bicyclic) bond motifs is 8. The van der Waals surface area contributed by atoms with E-state index in [1.54, 1.807) is 24.8 Å². The Kier molecular flexibility index (Phi) is 8.19.